The summed E-state index contributed by atoms with van der Waals surface area (Å²) in [5.74, 6) is 2.37. The standard InChI is InChI=1S/C14H22NP/c1-11(2)16(12(3)4)9-8-13-6-5-7-14(15)10-13/h5-12H,15H2,1-4H3/b9-8+. The van der Waals surface area contributed by atoms with Gasteiger partial charge in [-0.3, -0.25) is 0 Å². The van der Waals surface area contributed by atoms with Crippen molar-refractivity contribution >= 4 is 19.7 Å². The van der Waals surface area contributed by atoms with Crippen molar-refractivity contribution in [3.8, 4) is 0 Å². The fourth-order valence-corrected chi connectivity index (χ4v) is 4.00. The first-order valence-corrected chi connectivity index (χ1v) is 7.37. The summed E-state index contributed by atoms with van der Waals surface area (Å²) in [5.41, 5.74) is 9.28. The Hall–Kier alpha value is -0.810. The number of rotatable bonds is 4. The van der Waals surface area contributed by atoms with Gasteiger partial charge in [-0.15, -0.1) is 0 Å². The van der Waals surface area contributed by atoms with Crippen molar-refractivity contribution in [2.24, 2.45) is 0 Å². The summed E-state index contributed by atoms with van der Waals surface area (Å²) in [6, 6.07) is 8.04. The highest BCUT2D eigenvalue weighted by Crippen LogP contribution is 2.47. The molecule has 0 unspecified atom stereocenters. The molecule has 2 N–H and O–H groups in total. The van der Waals surface area contributed by atoms with Crippen molar-refractivity contribution in [1.29, 1.82) is 0 Å². The van der Waals surface area contributed by atoms with Gasteiger partial charge in [0.2, 0.25) is 0 Å². The zero-order valence-corrected chi connectivity index (χ0v) is 11.5. The molecule has 2 heteroatoms. The highest BCUT2D eigenvalue weighted by molar-refractivity contribution is 7.62. The van der Waals surface area contributed by atoms with E-state index in [1.165, 1.54) is 5.56 Å². The average Bonchev–Trinajstić information content (AvgIpc) is 2.16. The van der Waals surface area contributed by atoms with Crippen molar-refractivity contribution in [3.05, 3.63) is 35.6 Å². The van der Waals surface area contributed by atoms with Gasteiger partial charge in [-0.1, -0.05) is 59.6 Å². The van der Waals surface area contributed by atoms with E-state index in [0.29, 0.717) is 0 Å². The minimum absolute atomic E-state index is 0.0333. The van der Waals surface area contributed by atoms with Crippen molar-refractivity contribution in [2.45, 2.75) is 39.0 Å². The zero-order valence-electron chi connectivity index (χ0n) is 10.6. The first kappa shape index (κ1) is 13.3. The molecule has 0 atom stereocenters. The van der Waals surface area contributed by atoms with Gasteiger partial charge in [0.05, 0.1) is 0 Å². The lowest BCUT2D eigenvalue weighted by Crippen LogP contribution is -2.00. The maximum Gasteiger partial charge on any atom is 0.0319 e. The number of anilines is 1. The summed E-state index contributed by atoms with van der Waals surface area (Å²) < 4.78 is 0. The largest absolute Gasteiger partial charge is 0.399 e. The van der Waals surface area contributed by atoms with Crippen LogP contribution in [0.5, 0.6) is 0 Å². The second-order valence-electron chi connectivity index (χ2n) is 4.62. The predicted octanol–water partition coefficient (Wildman–Crippen LogP) is 4.54. The second-order valence-corrected chi connectivity index (χ2v) is 7.88. The summed E-state index contributed by atoms with van der Waals surface area (Å²) in [7, 11) is -0.0333. The van der Waals surface area contributed by atoms with E-state index < -0.39 is 0 Å². The number of nitrogens with two attached hydrogens (primary N) is 1. The third kappa shape index (κ3) is 3.98. The molecule has 0 bridgehead atoms. The van der Waals surface area contributed by atoms with E-state index in [1.807, 2.05) is 18.2 Å². The fraction of sp³-hybridized carbons (Fsp3) is 0.429. The predicted molar refractivity (Wildman–Crippen MR) is 77.1 cm³/mol. The van der Waals surface area contributed by atoms with E-state index in [2.05, 4.69) is 45.7 Å². The van der Waals surface area contributed by atoms with Crippen LogP contribution >= 0.6 is 7.92 Å². The molecule has 16 heavy (non-hydrogen) atoms. The van der Waals surface area contributed by atoms with Crippen LogP contribution in [0.1, 0.15) is 33.3 Å². The van der Waals surface area contributed by atoms with Gasteiger partial charge in [-0.25, -0.2) is 0 Å². The average molecular weight is 235 g/mol. The molecule has 0 amide bonds. The molecule has 1 aromatic carbocycles. The van der Waals surface area contributed by atoms with Crippen LogP contribution in [0.2, 0.25) is 0 Å². The van der Waals surface area contributed by atoms with Crippen molar-refractivity contribution in [3.63, 3.8) is 0 Å². The Morgan fingerprint density at radius 2 is 1.75 bits per heavy atom. The number of hydrogen-bond acceptors (Lipinski definition) is 1. The molecule has 1 aromatic rings. The van der Waals surface area contributed by atoms with E-state index in [9.17, 15) is 0 Å². The molecule has 0 aliphatic rings. The van der Waals surface area contributed by atoms with E-state index >= 15 is 0 Å². The summed E-state index contributed by atoms with van der Waals surface area (Å²) in [4.78, 5) is 0. The fourth-order valence-electron chi connectivity index (χ4n) is 1.78. The highest BCUT2D eigenvalue weighted by Gasteiger charge is 2.12. The molecular formula is C14H22NP. The summed E-state index contributed by atoms with van der Waals surface area (Å²) >= 11 is 0. The van der Waals surface area contributed by atoms with Gasteiger partial charge >= 0.3 is 0 Å². The van der Waals surface area contributed by atoms with Crippen LogP contribution in [0.15, 0.2) is 30.1 Å². The number of hydrogen-bond donors (Lipinski definition) is 1. The van der Waals surface area contributed by atoms with Crippen molar-refractivity contribution in [2.75, 3.05) is 5.73 Å². The lowest BCUT2D eigenvalue weighted by atomic mass is 10.2. The Labute approximate surface area is 101 Å². The van der Waals surface area contributed by atoms with Gasteiger partial charge in [0.1, 0.15) is 0 Å². The number of nitrogen functional groups attached to an aromatic ring is 1. The molecule has 1 nitrogen and oxygen atoms in total. The molecule has 0 fully saturated rings. The molecular weight excluding hydrogens is 213 g/mol. The normalized spacial score (nSPS) is 12.2. The topological polar surface area (TPSA) is 26.0 Å². The molecule has 88 valence electrons. The van der Waals surface area contributed by atoms with Crippen LogP contribution in [-0.2, 0) is 0 Å². The summed E-state index contributed by atoms with van der Waals surface area (Å²) in [6.07, 6.45) is 2.21. The van der Waals surface area contributed by atoms with Gasteiger partial charge in [0.15, 0.2) is 0 Å². The Balaban J connectivity index is 2.78. The van der Waals surface area contributed by atoms with Crippen molar-refractivity contribution < 1.29 is 0 Å². The molecule has 0 aliphatic heterocycles. The minimum Gasteiger partial charge on any atom is -0.399 e. The maximum atomic E-state index is 5.76. The van der Waals surface area contributed by atoms with Crippen LogP contribution in [0.25, 0.3) is 6.08 Å². The van der Waals surface area contributed by atoms with Gasteiger partial charge in [-0.05, 0) is 29.0 Å². The molecule has 0 aromatic heterocycles. The van der Waals surface area contributed by atoms with Crippen LogP contribution < -0.4 is 5.73 Å². The third-order valence-electron chi connectivity index (χ3n) is 2.54. The second kappa shape index (κ2) is 6.06. The smallest absolute Gasteiger partial charge is 0.0319 e. The minimum atomic E-state index is -0.0333. The first-order chi connectivity index (χ1) is 7.50. The highest BCUT2D eigenvalue weighted by atomic mass is 31.1. The Morgan fingerprint density at radius 3 is 2.25 bits per heavy atom. The lowest BCUT2D eigenvalue weighted by Gasteiger charge is -2.21. The van der Waals surface area contributed by atoms with Crippen LogP contribution in [0, 0.1) is 0 Å². The lowest BCUT2D eigenvalue weighted by molar-refractivity contribution is 1.02. The molecule has 0 saturated heterocycles. The molecule has 0 saturated carbocycles. The monoisotopic (exact) mass is 235 g/mol. The molecule has 1 rings (SSSR count). The molecule has 0 spiro atoms. The quantitative estimate of drug-likeness (QED) is 0.601. The van der Waals surface area contributed by atoms with E-state index in [-0.39, 0.29) is 7.92 Å². The van der Waals surface area contributed by atoms with Gasteiger partial charge in [-0.2, -0.15) is 0 Å². The summed E-state index contributed by atoms with van der Waals surface area (Å²) in [6.45, 7) is 9.20. The van der Waals surface area contributed by atoms with Crippen LogP contribution in [-0.4, -0.2) is 11.3 Å². The Bertz CT molecular complexity index is 348. The van der Waals surface area contributed by atoms with E-state index in [1.54, 1.807) is 0 Å². The van der Waals surface area contributed by atoms with E-state index in [4.69, 9.17) is 5.73 Å². The van der Waals surface area contributed by atoms with Crippen molar-refractivity contribution in [1.82, 2.24) is 0 Å². The number of benzene rings is 1. The van der Waals surface area contributed by atoms with Gasteiger partial charge in [0, 0.05) is 5.69 Å². The zero-order chi connectivity index (χ0) is 12.1. The third-order valence-corrected chi connectivity index (χ3v) is 5.42. The molecule has 0 aliphatic carbocycles. The Morgan fingerprint density at radius 1 is 1.12 bits per heavy atom. The van der Waals surface area contributed by atoms with Gasteiger partial charge in [0.25, 0.3) is 0 Å². The maximum absolute atomic E-state index is 5.76. The first-order valence-electron chi connectivity index (χ1n) is 5.82. The molecule has 0 radical (unpaired) electrons. The van der Waals surface area contributed by atoms with Gasteiger partial charge < -0.3 is 5.73 Å². The van der Waals surface area contributed by atoms with E-state index in [0.717, 1.165) is 17.0 Å². The van der Waals surface area contributed by atoms with Crippen LogP contribution in [0.4, 0.5) is 5.69 Å². The Kier molecular flexibility index (Phi) is 5.02. The molecule has 0 heterocycles. The summed E-state index contributed by atoms with van der Waals surface area (Å²) in [5, 5.41) is 0. The van der Waals surface area contributed by atoms with Crippen LogP contribution in [0.3, 0.4) is 0 Å². The SMILES string of the molecule is CC(C)P(/C=C/c1cccc(N)c1)C(C)C.